The molecule has 2 N–H and O–H groups in total. The van der Waals surface area contributed by atoms with Gasteiger partial charge in [-0.1, -0.05) is 31.2 Å². The molecule has 6 heteroatoms. The molecule has 156 valence electrons. The Hall–Kier alpha value is -3.38. The molecule has 0 radical (unpaired) electrons. The fourth-order valence-corrected chi connectivity index (χ4v) is 4.96. The van der Waals surface area contributed by atoms with Gasteiger partial charge >= 0.3 is 0 Å². The van der Waals surface area contributed by atoms with Crippen LogP contribution in [-0.4, -0.2) is 23.1 Å². The number of fused-ring (bicyclic) bond motifs is 3. The molecule has 5 aromatic rings. The molecule has 0 bridgehead atoms. The maximum Gasteiger partial charge on any atom is 0.198 e. The first kappa shape index (κ1) is 19.6. The molecule has 3 aromatic carbocycles. The van der Waals surface area contributed by atoms with Crippen molar-refractivity contribution in [2.24, 2.45) is 0 Å². The van der Waals surface area contributed by atoms with Gasteiger partial charge in [0.15, 0.2) is 5.43 Å². The van der Waals surface area contributed by atoms with Gasteiger partial charge in [0.2, 0.25) is 0 Å². The first-order valence-electron chi connectivity index (χ1n) is 10.5. The van der Waals surface area contributed by atoms with Gasteiger partial charge in [-0.25, -0.2) is 4.98 Å². The van der Waals surface area contributed by atoms with E-state index in [1.165, 1.54) is 0 Å². The van der Waals surface area contributed by atoms with Crippen LogP contribution < -0.4 is 15.5 Å². The summed E-state index contributed by atoms with van der Waals surface area (Å²) in [6.45, 7) is 3.37. The third-order valence-electron chi connectivity index (χ3n) is 5.27. The summed E-state index contributed by atoms with van der Waals surface area (Å²) >= 11 is 1.61. The van der Waals surface area contributed by atoms with Gasteiger partial charge in [0.25, 0.3) is 0 Å². The highest BCUT2D eigenvalue weighted by Crippen LogP contribution is 2.36. The van der Waals surface area contributed by atoms with Crippen LogP contribution in [0.4, 0.5) is 5.69 Å². The van der Waals surface area contributed by atoms with Gasteiger partial charge in [-0.2, -0.15) is 0 Å². The highest BCUT2D eigenvalue weighted by Gasteiger charge is 2.14. The number of hydrogen-bond acceptors (Lipinski definition) is 5. The quantitative estimate of drug-likeness (QED) is 0.324. The predicted molar refractivity (Wildman–Crippen MR) is 130 cm³/mol. The minimum absolute atomic E-state index is 0.0394. The number of hydrogen-bond donors (Lipinski definition) is 2. The Morgan fingerprint density at radius 2 is 1.90 bits per heavy atom. The first-order chi connectivity index (χ1) is 15.2. The van der Waals surface area contributed by atoms with E-state index in [9.17, 15) is 4.79 Å². The number of H-pyrrole nitrogens is 1. The monoisotopic (exact) mass is 429 g/mol. The van der Waals surface area contributed by atoms with Crippen LogP contribution in [0.2, 0.25) is 0 Å². The Morgan fingerprint density at radius 1 is 1.06 bits per heavy atom. The van der Waals surface area contributed by atoms with Gasteiger partial charge < -0.3 is 15.0 Å². The molecule has 0 saturated carbocycles. The van der Waals surface area contributed by atoms with Crippen LogP contribution in [0.5, 0.6) is 5.75 Å². The minimum atomic E-state index is 0.0394. The lowest BCUT2D eigenvalue weighted by atomic mass is 10.1. The molecule has 2 aromatic heterocycles. The molecule has 0 atom stereocenters. The number of anilines is 1. The predicted octanol–water partition coefficient (Wildman–Crippen LogP) is 5.73. The van der Waals surface area contributed by atoms with Crippen molar-refractivity contribution in [1.82, 2.24) is 9.97 Å². The lowest BCUT2D eigenvalue weighted by Gasteiger charge is -2.13. The van der Waals surface area contributed by atoms with E-state index in [2.05, 4.69) is 22.2 Å². The summed E-state index contributed by atoms with van der Waals surface area (Å²) in [5, 5.41) is 4.90. The maximum atomic E-state index is 13.4. The number of nitrogens with zero attached hydrogens (tertiary/aromatic N) is 1. The highest BCUT2D eigenvalue weighted by molar-refractivity contribution is 7.25. The van der Waals surface area contributed by atoms with Crippen molar-refractivity contribution >= 4 is 48.2 Å². The van der Waals surface area contributed by atoms with Crippen molar-refractivity contribution in [2.45, 2.75) is 19.8 Å². The number of para-hydroxylation sites is 2. The average Bonchev–Trinajstić information content (AvgIpc) is 3.21. The summed E-state index contributed by atoms with van der Waals surface area (Å²) < 4.78 is 7.83. The van der Waals surface area contributed by atoms with Gasteiger partial charge in [-0.05, 0) is 42.8 Å². The van der Waals surface area contributed by atoms with Gasteiger partial charge in [0, 0.05) is 28.7 Å². The van der Waals surface area contributed by atoms with Crippen LogP contribution in [0.3, 0.4) is 0 Å². The summed E-state index contributed by atoms with van der Waals surface area (Å²) in [6, 6.07) is 19.7. The number of aromatic nitrogens is 2. The zero-order valence-corrected chi connectivity index (χ0v) is 18.1. The standard InChI is InChI=1S/C25H23N3O2S/c1-2-15-30-20-12-11-19(23-24(29)16-7-3-6-10-21(16)31-25(20)23)26-14-13-22-27-17-8-4-5-9-18(17)28-22/h3-12,26H,2,13-15H2,1H3,(H,27,28). The molecule has 0 fully saturated rings. The number of imidazole rings is 1. The molecule has 5 rings (SSSR count). The lowest BCUT2D eigenvalue weighted by molar-refractivity contribution is 0.321. The molecule has 0 saturated heterocycles. The van der Waals surface area contributed by atoms with E-state index in [-0.39, 0.29) is 5.43 Å². The second-order valence-corrected chi connectivity index (χ2v) is 8.52. The Bertz CT molecular complexity index is 1400. The number of rotatable bonds is 7. The normalized spacial score (nSPS) is 11.4. The Labute approximate surface area is 183 Å². The molecule has 0 unspecified atom stereocenters. The SMILES string of the molecule is CCCOc1ccc(NCCc2nc3ccccc3[nH]2)c2c(=O)c3ccccc3sc12. The number of ether oxygens (including phenoxy) is 1. The van der Waals surface area contributed by atoms with Crippen molar-refractivity contribution in [3.8, 4) is 5.75 Å². The fraction of sp³-hybridized carbons (Fsp3) is 0.200. The van der Waals surface area contributed by atoms with E-state index in [0.717, 1.165) is 55.9 Å². The van der Waals surface area contributed by atoms with Gasteiger partial charge in [0.1, 0.15) is 11.6 Å². The Kier molecular flexibility index (Phi) is 5.30. The summed E-state index contributed by atoms with van der Waals surface area (Å²) in [5.41, 5.74) is 2.88. The minimum Gasteiger partial charge on any atom is -0.492 e. The zero-order chi connectivity index (χ0) is 21.2. The molecular formula is C25H23N3O2S. The van der Waals surface area contributed by atoms with E-state index in [1.807, 2.05) is 60.7 Å². The van der Waals surface area contributed by atoms with Crippen molar-refractivity contribution < 1.29 is 4.74 Å². The molecule has 0 amide bonds. The van der Waals surface area contributed by atoms with E-state index in [1.54, 1.807) is 11.3 Å². The van der Waals surface area contributed by atoms with Gasteiger partial charge in [0.05, 0.1) is 27.7 Å². The summed E-state index contributed by atoms with van der Waals surface area (Å²) in [4.78, 5) is 21.4. The average molecular weight is 430 g/mol. The molecular weight excluding hydrogens is 406 g/mol. The van der Waals surface area contributed by atoms with Crippen LogP contribution in [-0.2, 0) is 6.42 Å². The largest absolute Gasteiger partial charge is 0.492 e. The Balaban J connectivity index is 1.50. The fourth-order valence-electron chi connectivity index (χ4n) is 3.79. The summed E-state index contributed by atoms with van der Waals surface area (Å²) in [7, 11) is 0. The molecule has 2 heterocycles. The maximum absolute atomic E-state index is 13.4. The topological polar surface area (TPSA) is 67.0 Å². The highest BCUT2D eigenvalue weighted by atomic mass is 32.1. The van der Waals surface area contributed by atoms with E-state index >= 15 is 0 Å². The number of aromatic amines is 1. The van der Waals surface area contributed by atoms with E-state index < -0.39 is 0 Å². The van der Waals surface area contributed by atoms with Crippen molar-refractivity contribution in [2.75, 3.05) is 18.5 Å². The third-order valence-corrected chi connectivity index (χ3v) is 6.46. The number of nitrogens with one attached hydrogen (secondary N) is 2. The lowest BCUT2D eigenvalue weighted by Crippen LogP contribution is -2.10. The van der Waals surface area contributed by atoms with Crippen LogP contribution >= 0.6 is 11.3 Å². The van der Waals surface area contributed by atoms with E-state index in [0.29, 0.717) is 18.5 Å². The van der Waals surface area contributed by atoms with Gasteiger partial charge in [-0.15, -0.1) is 11.3 Å². The molecule has 5 nitrogen and oxygen atoms in total. The van der Waals surface area contributed by atoms with Crippen molar-refractivity contribution in [1.29, 1.82) is 0 Å². The van der Waals surface area contributed by atoms with Crippen LogP contribution in [0.15, 0.2) is 65.5 Å². The molecule has 0 aliphatic carbocycles. The molecule has 0 spiro atoms. The first-order valence-corrected chi connectivity index (χ1v) is 11.3. The Morgan fingerprint density at radius 3 is 2.77 bits per heavy atom. The summed E-state index contributed by atoms with van der Waals surface area (Å²) in [6.07, 6.45) is 1.65. The van der Waals surface area contributed by atoms with Crippen molar-refractivity contribution in [3.05, 3.63) is 76.7 Å². The summed E-state index contributed by atoms with van der Waals surface area (Å²) in [5.74, 6) is 1.70. The second-order valence-electron chi connectivity index (χ2n) is 7.47. The molecule has 0 aliphatic heterocycles. The van der Waals surface area contributed by atoms with E-state index in [4.69, 9.17) is 4.74 Å². The zero-order valence-electron chi connectivity index (χ0n) is 17.3. The molecule has 31 heavy (non-hydrogen) atoms. The number of benzene rings is 3. The smallest absolute Gasteiger partial charge is 0.198 e. The van der Waals surface area contributed by atoms with Crippen LogP contribution in [0.25, 0.3) is 31.2 Å². The van der Waals surface area contributed by atoms with Gasteiger partial charge in [-0.3, -0.25) is 4.79 Å². The van der Waals surface area contributed by atoms with Crippen LogP contribution in [0, 0.1) is 0 Å². The second kappa shape index (κ2) is 8.40. The van der Waals surface area contributed by atoms with Crippen LogP contribution in [0.1, 0.15) is 19.2 Å². The van der Waals surface area contributed by atoms with Crippen molar-refractivity contribution in [3.63, 3.8) is 0 Å². The molecule has 0 aliphatic rings. The third kappa shape index (κ3) is 3.75.